The lowest BCUT2D eigenvalue weighted by molar-refractivity contribution is 0.0522. The number of nitrogen functional groups attached to an aromatic ring is 1. The number of rotatable bonds is 5. The summed E-state index contributed by atoms with van der Waals surface area (Å²) in [5, 5.41) is 0. The molecule has 0 saturated heterocycles. The number of carbonyl (C=O) groups excluding carboxylic acids is 1. The smallest absolute Gasteiger partial charge is 0.339 e. The third-order valence-corrected chi connectivity index (χ3v) is 4.27. The first-order chi connectivity index (χ1) is 10.1. The number of hydrogen-bond acceptors (Lipinski definition) is 4. The van der Waals surface area contributed by atoms with E-state index >= 15 is 0 Å². The highest BCUT2D eigenvalue weighted by atomic mass is 32.2. The number of aryl methyl sites for hydroxylation is 1. The van der Waals surface area contributed by atoms with Crippen LogP contribution in [-0.4, -0.2) is 12.6 Å². The Morgan fingerprint density at radius 2 is 2.00 bits per heavy atom. The van der Waals surface area contributed by atoms with Crippen LogP contribution in [0.15, 0.2) is 47.4 Å². The highest BCUT2D eigenvalue weighted by molar-refractivity contribution is 7.98. The molecule has 21 heavy (non-hydrogen) atoms. The Kier molecular flexibility index (Phi) is 5.28. The minimum atomic E-state index is -0.322. The van der Waals surface area contributed by atoms with Gasteiger partial charge in [-0.2, -0.15) is 0 Å². The van der Waals surface area contributed by atoms with Crippen LogP contribution < -0.4 is 5.73 Å². The molecule has 3 nitrogen and oxygen atoms in total. The molecule has 0 aromatic heterocycles. The summed E-state index contributed by atoms with van der Waals surface area (Å²) in [4.78, 5) is 12.9. The summed E-state index contributed by atoms with van der Waals surface area (Å²) in [6.07, 6.45) is 0. The molecular weight excluding hydrogens is 282 g/mol. The van der Waals surface area contributed by atoms with Crippen LogP contribution >= 0.6 is 11.8 Å². The molecule has 2 N–H and O–H groups in total. The van der Waals surface area contributed by atoms with Crippen LogP contribution in [0.3, 0.4) is 0 Å². The van der Waals surface area contributed by atoms with Crippen molar-refractivity contribution in [1.82, 2.24) is 0 Å². The van der Waals surface area contributed by atoms with Crippen molar-refractivity contribution in [3.63, 3.8) is 0 Å². The average molecular weight is 301 g/mol. The van der Waals surface area contributed by atoms with Crippen LogP contribution in [0.1, 0.15) is 28.4 Å². The van der Waals surface area contributed by atoms with E-state index in [1.54, 1.807) is 24.8 Å². The molecule has 0 spiro atoms. The normalized spacial score (nSPS) is 10.4. The van der Waals surface area contributed by atoms with Gasteiger partial charge in [-0.15, -0.1) is 11.8 Å². The van der Waals surface area contributed by atoms with Crippen molar-refractivity contribution in [3.8, 4) is 0 Å². The van der Waals surface area contributed by atoms with Crippen molar-refractivity contribution in [2.75, 3.05) is 12.3 Å². The Bertz CT molecular complexity index is 640. The van der Waals surface area contributed by atoms with Crippen molar-refractivity contribution in [3.05, 3.63) is 59.2 Å². The van der Waals surface area contributed by atoms with Crippen molar-refractivity contribution in [2.24, 2.45) is 0 Å². The van der Waals surface area contributed by atoms with Gasteiger partial charge in [-0.3, -0.25) is 0 Å². The summed E-state index contributed by atoms with van der Waals surface area (Å²) in [6.45, 7) is 4.24. The number of carbonyl (C=O) groups is 1. The molecule has 0 heterocycles. The predicted molar refractivity (Wildman–Crippen MR) is 87.6 cm³/mol. The summed E-state index contributed by atoms with van der Waals surface area (Å²) in [5.74, 6) is 0.486. The summed E-state index contributed by atoms with van der Waals surface area (Å²) in [5.41, 5.74) is 9.39. The molecule has 2 aromatic rings. The molecular formula is C17H19NO2S. The highest BCUT2D eigenvalue weighted by Crippen LogP contribution is 2.29. The van der Waals surface area contributed by atoms with Crippen LogP contribution in [-0.2, 0) is 10.5 Å². The van der Waals surface area contributed by atoms with Gasteiger partial charge in [0.1, 0.15) is 0 Å². The molecule has 0 atom stereocenters. The fourth-order valence-corrected chi connectivity index (χ4v) is 3.07. The average Bonchev–Trinajstić information content (AvgIpc) is 2.47. The summed E-state index contributed by atoms with van der Waals surface area (Å²) in [6, 6.07) is 13.6. The van der Waals surface area contributed by atoms with Crippen LogP contribution in [0.5, 0.6) is 0 Å². The Morgan fingerprint density at radius 1 is 1.24 bits per heavy atom. The van der Waals surface area contributed by atoms with Crippen molar-refractivity contribution >= 4 is 23.4 Å². The van der Waals surface area contributed by atoms with Gasteiger partial charge in [-0.25, -0.2) is 4.79 Å². The predicted octanol–water partition coefficient (Wildman–Crippen LogP) is 4.05. The van der Waals surface area contributed by atoms with Crippen molar-refractivity contribution < 1.29 is 9.53 Å². The van der Waals surface area contributed by atoms with Gasteiger partial charge < -0.3 is 10.5 Å². The molecule has 0 amide bonds. The highest BCUT2D eigenvalue weighted by Gasteiger charge is 2.13. The molecule has 4 heteroatoms. The number of anilines is 1. The van der Waals surface area contributed by atoms with Gasteiger partial charge in [0.25, 0.3) is 0 Å². The first-order valence-corrected chi connectivity index (χ1v) is 7.84. The van der Waals surface area contributed by atoms with Gasteiger partial charge in [0.15, 0.2) is 0 Å². The zero-order valence-corrected chi connectivity index (χ0v) is 13.1. The van der Waals surface area contributed by atoms with Gasteiger partial charge in [-0.1, -0.05) is 24.3 Å². The largest absolute Gasteiger partial charge is 0.462 e. The topological polar surface area (TPSA) is 52.3 Å². The molecule has 0 bridgehead atoms. The van der Waals surface area contributed by atoms with Gasteiger partial charge >= 0.3 is 5.97 Å². The Labute approximate surface area is 129 Å². The Morgan fingerprint density at radius 3 is 2.71 bits per heavy atom. The van der Waals surface area contributed by atoms with Crippen molar-refractivity contribution in [1.29, 1.82) is 0 Å². The molecule has 0 aliphatic carbocycles. The lowest BCUT2D eigenvalue weighted by Gasteiger charge is -2.10. The summed E-state index contributed by atoms with van der Waals surface area (Å²) < 4.78 is 5.09. The van der Waals surface area contributed by atoms with E-state index in [1.807, 2.05) is 24.3 Å². The maximum absolute atomic E-state index is 12.0. The molecule has 0 aliphatic rings. The number of thioether (sulfide) groups is 1. The maximum atomic E-state index is 12.0. The SMILES string of the molecule is CCOC(=O)c1cc(N)ccc1SCc1ccccc1C. The molecule has 2 aromatic carbocycles. The van der Waals surface area contributed by atoms with Crippen molar-refractivity contribution in [2.45, 2.75) is 24.5 Å². The monoisotopic (exact) mass is 301 g/mol. The molecule has 0 radical (unpaired) electrons. The number of hydrogen-bond donors (Lipinski definition) is 1. The Balaban J connectivity index is 2.20. The quantitative estimate of drug-likeness (QED) is 0.514. The second kappa shape index (κ2) is 7.18. The van der Waals surface area contributed by atoms with Crippen LogP contribution in [0, 0.1) is 6.92 Å². The number of benzene rings is 2. The van der Waals surface area contributed by atoms with Gasteiger partial charge in [0.05, 0.1) is 12.2 Å². The van der Waals surface area contributed by atoms with E-state index in [9.17, 15) is 4.79 Å². The van der Waals surface area contributed by atoms with Gasteiger partial charge in [0, 0.05) is 16.3 Å². The number of esters is 1. The minimum absolute atomic E-state index is 0.322. The second-order valence-electron chi connectivity index (χ2n) is 4.69. The number of nitrogens with two attached hydrogens (primary N) is 1. The van der Waals surface area contributed by atoms with Gasteiger partial charge in [-0.05, 0) is 43.2 Å². The third-order valence-electron chi connectivity index (χ3n) is 3.14. The zero-order valence-electron chi connectivity index (χ0n) is 12.3. The summed E-state index contributed by atoms with van der Waals surface area (Å²) >= 11 is 1.62. The van der Waals surface area contributed by atoms with Crippen LogP contribution in [0.25, 0.3) is 0 Å². The van der Waals surface area contributed by atoms with E-state index in [0.717, 1.165) is 10.6 Å². The van der Waals surface area contributed by atoms with E-state index in [0.29, 0.717) is 17.9 Å². The fourth-order valence-electron chi connectivity index (χ4n) is 1.97. The zero-order chi connectivity index (χ0) is 15.2. The lowest BCUT2D eigenvalue weighted by atomic mass is 10.1. The lowest BCUT2D eigenvalue weighted by Crippen LogP contribution is -2.07. The van der Waals surface area contributed by atoms with E-state index in [4.69, 9.17) is 10.5 Å². The van der Waals surface area contributed by atoms with Crippen LogP contribution in [0.4, 0.5) is 5.69 Å². The van der Waals surface area contributed by atoms with E-state index < -0.39 is 0 Å². The first kappa shape index (κ1) is 15.4. The number of ether oxygens (including phenoxy) is 1. The molecule has 110 valence electrons. The molecule has 0 saturated carbocycles. The minimum Gasteiger partial charge on any atom is -0.462 e. The standard InChI is InChI=1S/C17H19NO2S/c1-3-20-17(19)15-10-14(18)8-9-16(15)21-11-13-7-5-4-6-12(13)2/h4-10H,3,11,18H2,1-2H3. The molecule has 0 aliphatic heterocycles. The molecule has 0 fully saturated rings. The maximum Gasteiger partial charge on any atom is 0.339 e. The van der Waals surface area contributed by atoms with Gasteiger partial charge in [0.2, 0.25) is 0 Å². The molecule has 0 unspecified atom stereocenters. The van der Waals surface area contributed by atoms with Crippen LogP contribution in [0.2, 0.25) is 0 Å². The molecule has 2 rings (SSSR count). The summed E-state index contributed by atoms with van der Waals surface area (Å²) in [7, 11) is 0. The fraction of sp³-hybridized carbons (Fsp3) is 0.235. The second-order valence-corrected chi connectivity index (χ2v) is 5.71. The Hall–Kier alpha value is -1.94. The van der Waals surface area contributed by atoms with E-state index in [2.05, 4.69) is 19.1 Å². The first-order valence-electron chi connectivity index (χ1n) is 6.85. The third kappa shape index (κ3) is 4.02. The van der Waals surface area contributed by atoms with E-state index in [-0.39, 0.29) is 5.97 Å². The van der Waals surface area contributed by atoms with E-state index in [1.165, 1.54) is 11.1 Å².